The van der Waals surface area contributed by atoms with Crippen molar-refractivity contribution in [2.24, 2.45) is 0 Å². The molecule has 0 fully saturated rings. The molecule has 89 heavy (non-hydrogen) atoms. The molecule has 0 saturated heterocycles. The van der Waals surface area contributed by atoms with Crippen LogP contribution in [-0.2, 0) is 0 Å². The fourth-order valence-electron chi connectivity index (χ4n) is 14.2. The first-order valence-electron chi connectivity index (χ1n) is 30.1. The highest BCUT2D eigenvalue weighted by Crippen LogP contribution is 2.38. The van der Waals surface area contributed by atoms with Crippen molar-refractivity contribution in [2.45, 2.75) is 0 Å². The van der Waals surface area contributed by atoms with Crippen molar-refractivity contribution in [1.82, 2.24) is 43.2 Å². The Labute approximate surface area is 512 Å². The molecule has 0 saturated carbocycles. The number of rotatable bonds is 10. The maximum atomic E-state index is 5.67. The average molecular weight is 1150 g/mol. The molecule has 0 radical (unpaired) electrons. The Balaban J connectivity index is 0.885. The number of benzene rings is 12. The summed E-state index contributed by atoms with van der Waals surface area (Å²) < 4.78 is 8.99. The van der Waals surface area contributed by atoms with E-state index >= 15 is 0 Å². The van der Waals surface area contributed by atoms with Crippen LogP contribution in [0.25, 0.3) is 134 Å². The van der Waals surface area contributed by atoms with E-state index in [-0.39, 0.29) is 0 Å². The molecule has 0 amide bonds. The average Bonchev–Trinajstić information content (AvgIpc) is 1.86. The second kappa shape index (κ2) is 20.1. The molecule has 416 valence electrons. The predicted molar refractivity (Wildman–Crippen MR) is 367 cm³/mol. The lowest BCUT2D eigenvalue weighted by Gasteiger charge is -2.35. The molecular formula is C79H51N9Si. The molecule has 0 aliphatic rings. The Morgan fingerprint density at radius 2 is 0.461 bits per heavy atom. The van der Waals surface area contributed by atoms with Crippen molar-refractivity contribution in [3.63, 3.8) is 0 Å². The van der Waals surface area contributed by atoms with Gasteiger partial charge in [-0.25, -0.2) is 9.97 Å². The number of nitrogens with zero attached hydrogens (tertiary/aromatic N) is 9. The predicted octanol–water partition coefficient (Wildman–Crippen LogP) is 15.8. The Morgan fingerprint density at radius 1 is 0.202 bits per heavy atom. The van der Waals surface area contributed by atoms with E-state index in [1.54, 1.807) is 0 Å². The fourth-order valence-corrected chi connectivity index (χ4v) is 19.1. The zero-order valence-electron chi connectivity index (χ0n) is 48.0. The summed E-state index contributed by atoms with van der Waals surface area (Å²) in [6, 6.07) is 111. The molecule has 12 aromatic carbocycles. The zero-order valence-corrected chi connectivity index (χ0v) is 49.0. The minimum Gasteiger partial charge on any atom is -0.294 e. The molecule has 0 spiro atoms. The summed E-state index contributed by atoms with van der Waals surface area (Å²) in [6.45, 7) is 0. The second-order valence-electron chi connectivity index (χ2n) is 22.8. The van der Waals surface area contributed by atoms with E-state index in [1.165, 1.54) is 15.6 Å². The first kappa shape index (κ1) is 50.5. The van der Waals surface area contributed by atoms with E-state index < -0.39 is 8.07 Å². The van der Waals surface area contributed by atoms with E-state index in [2.05, 4.69) is 328 Å². The summed E-state index contributed by atoms with van der Waals surface area (Å²) >= 11 is 0. The van der Waals surface area contributed by atoms with Crippen LogP contribution in [-0.4, -0.2) is 51.3 Å². The molecule has 0 aliphatic carbocycles. The minimum absolute atomic E-state index is 0.528. The number of aromatic nitrogens is 9. The quantitative estimate of drug-likeness (QED) is 0.101. The molecule has 10 heteroatoms. The van der Waals surface area contributed by atoms with Crippen molar-refractivity contribution in [2.75, 3.05) is 0 Å². The second-order valence-corrected chi connectivity index (χ2v) is 26.6. The topological polar surface area (TPSA) is 84.2 Å². The van der Waals surface area contributed by atoms with Crippen LogP contribution in [0, 0.1) is 0 Å². The molecule has 9 nitrogen and oxygen atoms in total. The van der Waals surface area contributed by atoms with Crippen LogP contribution in [0.2, 0.25) is 0 Å². The molecule has 0 aliphatic heterocycles. The van der Waals surface area contributed by atoms with Gasteiger partial charge in [-0.3, -0.25) is 18.3 Å². The smallest absolute Gasteiger partial charge is 0.240 e. The third-order valence-corrected chi connectivity index (χ3v) is 22.8. The summed E-state index contributed by atoms with van der Waals surface area (Å²) in [4.78, 5) is 28.0. The maximum absolute atomic E-state index is 5.67. The van der Waals surface area contributed by atoms with Gasteiger partial charge in [0.1, 0.15) is 11.6 Å². The normalized spacial score (nSPS) is 12.0. The first-order chi connectivity index (χ1) is 44.2. The summed E-state index contributed by atoms with van der Waals surface area (Å²) in [5.41, 5.74) is 10.1. The molecule has 0 N–H and O–H groups in total. The van der Waals surface area contributed by atoms with Gasteiger partial charge >= 0.3 is 0 Å². The minimum atomic E-state index is -3.33. The molecule has 0 atom stereocenters. The van der Waals surface area contributed by atoms with Gasteiger partial charge < -0.3 is 0 Å². The van der Waals surface area contributed by atoms with Gasteiger partial charge in [0.15, 0.2) is 19.7 Å². The van der Waals surface area contributed by atoms with Crippen molar-refractivity contribution in [1.29, 1.82) is 0 Å². The van der Waals surface area contributed by atoms with Gasteiger partial charge in [0.25, 0.3) is 0 Å². The molecule has 0 bridgehead atoms. The highest BCUT2D eigenvalue weighted by molar-refractivity contribution is 7.20. The number of hydrogen-bond donors (Lipinski definition) is 0. The van der Waals surface area contributed by atoms with Crippen LogP contribution in [0.4, 0.5) is 0 Å². The lowest BCUT2D eigenvalue weighted by atomic mass is 10.2. The van der Waals surface area contributed by atoms with Gasteiger partial charge in [-0.2, -0.15) is 15.0 Å². The SMILES string of the molecule is c1ccc([Si](c2ccccc2)(c2cccc(-c3nc(-n4c5ccccc5c5ccccc54)cc(-n4c5ccccc5c5ccccc54)n3)c2)c2cccc(-c3nc(-n4c5ccccc5c5ccccc54)nc(-n4c5ccccc5c5ccccc54)n3)c2)cc1. The van der Waals surface area contributed by atoms with Crippen molar-refractivity contribution in [3.05, 3.63) is 309 Å². The van der Waals surface area contributed by atoms with E-state index in [9.17, 15) is 0 Å². The molecule has 6 aromatic heterocycles. The van der Waals surface area contributed by atoms with Gasteiger partial charge in [0.05, 0.1) is 44.1 Å². The number of fused-ring (bicyclic) bond motifs is 12. The van der Waals surface area contributed by atoms with Crippen molar-refractivity contribution < 1.29 is 0 Å². The Morgan fingerprint density at radius 3 is 0.775 bits per heavy atom. The third-order valence-electron chi connectivity index (χ3n) is 18.0. The summed E-state index contributed by atoms with van der Waals surface area (Å²) in [6.07, 6.45) is 0. The van der Waals surface area contributed by atoms with E-state index in [1.807, 2.05) is 0 Å². The van der Waals surface area contributed by atoms with E-state index in [4.69, 9.17) is 24.9 Å². The fraction of sp³-hybridized carbons (Fsp3) is 0. The van der Waals surface area contributed by atoms with Crippen molar-refractivity contribution >= 4 is 116 Å². The van der Waals surface area contributed by atoms with Crippen LogP contribution < -0.4 is 20.7 Å². The zero-order chi connectivity index (χ0) is 58.6. The lowest BCUT2D eigenvalue weighted by molar-refractivity contribution is 0.893. The van der Waals surface area contributed by atoms with Gasteiger partial charge in [-0.05, 0) is 69.3 Å². The van der Waals surface area contributed by atoms with Crippen LogP contribution in [0.5, 0.6) is 0 Å². The summed E-state index contributed by atoms with van der Waals surface area (Å²) in [5.74, 6) is 3.77. The monoisotopic (exact) mass is 1150 g/mol. The summed E-state index contributed by atoms with van der Waals surface area (Å²) in [5, 5.41) is 13.9. The highest BCUT2D eigenvalue weighted by Gasteiger charge is 2.42. The Bertz CT molecular complexity index is 5000. The molecule has 0 unspecified atom stereocenters. The van der Waals surface area contributed by atoms with E-state index in [0.717, 1.165) is 115 Å². The van der Waals surface area contributed by atoms with Gasteiger partial charge in [0.2, 0.25) is 11.9 Å². The Hall–Kier alpha value is -11.9. The van der Waals surface area contributed by atoms with Gasteiger partial charge in [-0.15, -0.1) is 0 Å². The third kappa shape index (κ3) is 7.77. The van der Waals surface area contributed by atoms with Gasteiger partial charge in [-0.1, -0.05) is 255 Å². The molecule has 18 aromatic rings. The number of para-hydroxylation sites is 8. The van der Waals surface area contributed by atoms with Crippen LogP contribution in [0.15, 0.2) is 309 Å². The lowest BCUT2D eigenvalue weighted by Crippen LogP contribution is -2.74. The highest BCUT2D eigenvalue weighted by atomic mass is 28.3. The number of hydrogen-bond acceptors (Lipinski definition) is 5. The molecule has 6 heterocycles. The standard InChI is InChI=1S/C79H51N9Si/c1-3-27-54(28-4-1)89(55-29-5-2-6-30-55,56-31-23-25-52(49-56)76-80-74(85-66-41-15-7-33-58(66)59-34-8-16-42-67(59)85)51-75(81-76)86-68-43-17-9-35-60(68)61-36-10-18-44-69(61)86)57-32-24-26-53(50-57)77-82-78(87-70-45-19-11-37-62(70)63-38-12-20-46-71(63)87)84-79(83-77)88-72-47-21-13-39-64(72)65-40-14-22-48-73(65)88/h1-51H. The first-order valence-corrected chi connectivity index (χ1v) is 32.1. The van der Waals surface area contributed by atoms with Crippen LogP contribution >= 0.6 is 0 Å². The summed E-state index contributed by atoms with van der Waals surface area (Å²) in [7, 11) is -3.33. The molecular weight excluding hydrogens is 1100 g/mol. The molecule has 18 rings (SSSR count). The largest absolute Gasteiger partial charge is 0.294 e. The van der Waals surface area contributed by atoms with E-state index in [0.29, 0.717) is 23.5 Å². The van der Waals surface area contributed by atoms with Gasteiger partial charge in [0, 0.05) is 60.3 Å². The van der Waals surface area contributed by atoms with Crippen molar-refractivity contribution in [3.8, 4) is 46.3 Å². The Kier molecular flexibility index (Phi) is 11.4. The van der Waals surface area contributed by atoms with Crippen LogP contribution in [0.3, 0.4) is 0 Å². The maximum Gasteiger partial charge on any atom is 0.240 e. The van der Waals surface area contributed by atoms with Crippen LogP contribution in [0.1, 0.15) is 0 Å².